The minimum absolute atomic E-state index is 0.00767. The van der Waals surface area contributed by atoms with Gasteiger partial charge < -0.3 is 0 Å². The third-order valence-electron chi connectivity index (χ3n) is 4.33. The Balaban J connectivity index is 1.78. The predicted molar refractivity (Wildman–Crippen MR) is 105 cm³/mol. The number of rotatable bonds is 4. The Labute approximate surface area is 178 Å². The van der Waals surface area contributed by atoms with Crippen molar-refractivity contribution in [3.8, 4) is 5.69 Å². The van der Waals surface area contributed by atoms with Gasteiger partial charge in [0.05, 0.1) is 17.7 Å². The van der Waals surface area contributed by atoms with Gasteiger partial charge in [-0.25, -0.2) is 9.07 Å². The van der Waals surface area contributed by atoms with Gasteiger partial charge in [0.25, 0.3) is 5.91 Å². The number of amides is 2. The summed E-state index contributed by atoms with van der Waals surface area (Å²) in [5.74, 6) is -2.16. The van der Waals surface area contributed by atoms with E-state index < -0.39 is 40.5 Å². The number of halogens is 4. The molecule has 3 aromatic rings. The van der Waals surface area contributed by atoms with E-state index in [1.807, 2.05) is 5.43 Å². The molecule has 2 N–H and O–H groups in total. The van der Waals surface area contributed by atoms with Crippen molar-refractivity contribution in [2.75, 3.05) is 0 Å². The molecule has 0 spiro atoms. The van der Waals surface area contributed by atoms with Crippen molar-refractivity contribution in [3.05, 3.63) is 93.2 Å². The van der Waals surface area contributed by atoms with Crippen molar-refractivity contribution in [2.45, 2.75) is 19.5 Å². The summed E-state index contributed by atoms with van der Waals surface area (Å²) in [6, 6.07) is 10.4. The maximum atomic E-state index is 13.0. The summed E-state index contributed by atoms with van der Waals surface area (Å²) in [7, 11) is 0. The minimum atomic E-state index is -4.59. The van der Waals surface area contributed by atoms with Crippen molar-refractivity contribution in [1.29, 1.82) is 0 Å². The van der Waals surface area contributed by atoms with Gasteiger partial charge in [0.1, 0.15) is 5.82 Å². The van der Waals surface area contributed by atoms with Crippen molar-refractivity contribution >= 4 is 11.8 Å². The summed E-state index contributed by atoms with van der Waals surface area (Å²) in [6.07, 6.45) is -4.76. The lowest BCUT2D eigenvalue weighted by atomic mass is 10.1. The smallest absolute Gasteiger partial charge is 0.287 e. The Kier molecular flexibility index (Phi) is 6.37. The van der Waals surface area contributed by atoms with Gasteiger partial charge in [0.2, 0.25) is 11.3 Å². The Bertz CT molecular complexity index is 1220. The molecule has 1 heterocycles. The normalized spacial score (nSPS) is 11.2. The molecule has 2 amide bonds. The highest BCUT2D eigenvalue weighted by Crippen LogP contribution is 2.30. The molecular weight excluding hydrogens is 432 g/mol. The van der Waals surface area contributed by atoms with Gasteiger partial charge in [-0.1, -0.05) is 18.2 Å². The van der Waals surface area contributed by atoms with Crippen LogP contribution in [0.2, 0.25) is 0 Å². The zero-order chi connectivity index (χ0) is 23.5. The summed E-state index contributed by atoms with van der Waals surface area (Å²) >= 11 is 0. The fraction of sp³-hybridized carbons (Fsp3) is 0.143. The Hall–Kier alpha value is -4.02. The number of hydrogen-bond donors (Lipinski definition) is 2. The summed E-state index contributed by atoms with van der Waals surface area (Å²) in [5.41, 5.74) is 2.49. The van der Waals surface area contributed by atoms with E-state index in [9.17, 15) is 31.9 Å². The first-order chi connectivity index (χ1) is 15.0. The lowest BCUT2D eigenvalue weighted by molar-refractivity contribution is -0.137. The fourth-order valence-electron chi connectivity index (χ4n) is 2.80. The highest BCUT2D eigenvalue weighted by Gasteiger charge is 2.30. The molecule has 2 aromatic carbocycles. The van der Waals surface area contributed by atoms with Gasteiger partial charge in [-0.2, -0.15) is 18.3 Å². The van der Waals surface area contributed by atoms with E-state index in [1.165, 1.54) is 43.3 Å². The summed E-state index contributed by atoms with van der Waals surface area (Å²) in [6.45, 7) is 1.45. The maximum Gasteiger partial charge on any atom is 0.416 e. The molecular formula is C21H16F4N4O3. The number of aryl methyl sites for hydroxylation is 1. The van der Waals surface area contributed by atoms with E-state index in [0.29, 0.717) is 5.56 Å². The standard InChI is InChI=1S/C21H16F4N4O3/c1-12-9-17(30)19(28-29(12)16-4-2-3-14(11-16)21(23,24)25)20(32)27-26-18(31)10-13-5-7-15(22)8-6-13/h2-9,11H,10H2,1H3,(H,26,31)(H,27,32). The molecule has 0 fully saturated rings. The first-order valence-electron chi connectivity index (χ1n) is 9.17. The summed E-state index contributed by atoms with van der Waals surface area (Å²) < 4.78 is 53.0. The fourth-order valence-corrected chi connectivity index (χ4v) is 2.80. The van der Waals surface area contributed by atoms with Crippen molar-refractivity contribution in [2.24, 2.45) is 0 Å². The van der Waals surface area contributed by atoms with E-state index in [2.05, 4.69) is 10.5 Å². The van der Waals surface area contributed by atoms with Gasteiger partial charge in [0, 0.05) is 11.8 Å². The van der Waals surface area contributed by atoms with Crippen LogP contribution in [0, 0.1) is 12.7 Å². The van der Waals surface area contributed by atoms with Gasteiger partial charge in [-0.3, -0.25) is 25.2 Å². The minimum Gasteiger partial charge on any atom is -0.287 e. The van der Waals surface area contributed by atoms with E-state index >= 15 is 0 Å². The number of nitrogens with zero attached hydrogens (tertiary/aromatic N) is 2. The molecule has 0 aliphatic rings. The van der Waals surface area contributed by atoms with Crippen LogP contribution < -0.4 is 16.3 Å². The number of carbonyl (C=O) groups is 2. The molecule has 7 nitrogen and oxygen atoms in total. The second-order valence-corrected chi connectivity index (χ2v) is 6.76. The highest BCUT2D eigenvalue weighted by atomic mass is 19.4. The van der Waals surface area contributed by atoms with E-state index in [-0.39, 0.29) is 17.8 Å². The van der Waals surface area contributed by atoms with Crippen molar-refractivity contribution in [1.82, 2.24) is 20.6 Å². The van der Waals surface area contributed by atoms with Crippen LogP contribution >= 0.6 is 0 Å². The van der Waals surface area contributed by atoms with Crippen LogP contribution in [0.1, 0.15) is 27.3 Å². The van der Waals surface area contributed by atoms with Crippen LogP contribution in [0.4, 0.5) is 17.6 Å². The van der Waals surface area contributed by atoms with Crippen LogP contribution in [0.25, 0.3) is 5.69 Å². The van der Waals surface area contributed by atoms with Crippen molar-refractivity contribution in [3.63, 3.8) is 0 Å². The number of nitrogens with one attached hydrogen (secondary N) is 2. The molecule has 0 aliphatic heterocycles. The largest absolute Gasteiger partial charge is 0.416 e. The number of alkyl halides is 3. The quantitative estimate of drug-likeness (QED) is 0.474. The average molecular weight is 448 g/mol. The Morgan fingerprint density at radius 3 is 2.38 bits per heavy atom. The molecule has 166 valence electrons. The molecule has 0 saturated carbocycles. The number of hydrazine groups is 1. The van der Waals surface area contributed by atoms with Crippen molar-refractivity contribution < 1.29 is 27.2 Å². The van der Waals surface area contributed by atoms with Gasteiger partial charge in [0.15, 0.2) is 5.69 Å². The lowest BCUT2D eigenvalue weighted by Crippen LogP contribution is -2.44. The molecule has 0 saturated heterocycles. The van der Waals surface area contributed by atoms with Crippen LogP contribution in [-0.2, 0) is 17.4 Å². The molecule has 0 aliphatic carbocycles. The van der Waals surface area contributed by atoms with Crippen LogP contribution in [0.3, 0.4) is 0 Å². The van der Waals surface area contributed by atoms with Gasteiger partial charge in [-0.05, 0) is 42.8 Å². The van der Waals surface area contributed by atoms with Gasteiger partial charge in [-0.15, -0.1) is 0 Å². The van der Waals surface area contributed by atoms with Gasteiger partial charge >= 0.3 is 6.18 Å². The average Bonchev–Trinajstić information content (AvgIpc) is 2.73. The molecule has 1 aromatic heterocycles. The SMILES string of the molecule is Cc1cc(=O)c(C(=O)NNC(=O)Cc2ccc(F)cc2)nn1-c1cccc(C(F)(F)F)c1. The molecule has 0 radical (unpaired) electrons. The lowest BCUT2D eigenvalue weighted by Gasteiger charge is -2.14. The molecule has 0 atom stereocenters. The molecule has 0 unspecified atom stereocenters. The molecule has 3 rings (SSSR count). The van der Waals surface area contributed by atoms with E-state index in [0.717, 1.165) is 22.9 Å². The first-order valence-corrected chi connectivity index (χ1v) is 9.17. The maximum absolute atomic E-state index is 13.0. The molecule has 32 heavy (non-hydrogen) atoms. The third-order valence-corrected chi connectivity index (χ3v) is 4.33. The summed E-state index contributed by atoms with van der Waals surface area (Å²) in [5, 5.41) is 3.87. The van der Waals surface area contributed by atoms with Crippen LogP contribution in [0.5, 0.6) is 0 Å². The number of carbonyl (C=O) groups excluding carboxylic acids is 2. The number of hydrogen-bond acceptors (Lipinski definition) is 4. The number of aromatic nitrogens is 2. The summed E-state index contributed by atoms with van der Waals surface area (Å²) in [4.78, 5) is 36.5. The van der Waals surface area contributed by atoms with E-state index in [4.69, 9.17) is 0 Å². The second kappa shape index (κ2) is 9.00. The zero-order valence-corrected chi connectivity index (χ0v) is 16.5. The van der Waals surface area contributed by atoms with Crippen LogP contribution in [-0.4, -0.2) is 21.6 Å². The molecule has 11 heteroatoms. The Morgan fingerprint density at radius 1 is 1.03 bits per heavy atom. The topological polar surface area (TPSA) is 93.1 Å². The second-order valence-electron chi connectivity index (χ2n) is 6.76. The van der Waals surface area contributed by atoms with Crippen LogP contribution in [0.15, 0.2) is 59.4 Å². The zero-order valence-electron chi connectivity index (χ0n) is 16.5. The van der Waals surface area contributed by atoms with E-state index in [1.54, 1.807) is 0 Å². The highest BCUT2D eigenvalue weighted by molar-refractivity contribution is 5.93. The monoisotopic (exact) mass is 448 g/mol. The Morgan fingerprint density at radius 2 is 1.72 bits per heavy atom. The molecule has 0 bridgehead atoms. The number of benzene rings is 2. The third kappa shape index (κ3) is 5.36. The first kappa shape index (κ1) is 22.7. The predicted octanol–water partition coefficient (Wildman–Crippen LogP) is 2.70.